The first-order valence-corrected chi connectivity index (χ1v) is 9.31. The molecule has 28 heavy (non-hydrogen) atoms. The van der Waals surface area contributed by atoms with E-state index < -0.39 is 0 Å². The molecule has 3 aromatic heterocycles. The lowest BCUT2D eigenvalue weighted by Gasteiger charge is -2.16. The second kappa shape index (κ2) is 7.49. The van der Waals surface area contributed by atoms with Crippen LogP contribution < -0.4 is 0 Å². The van der Waals surface area contributed by atoms with Gasteiger partial charge in [-0.25, -0.2) is 9.61 Å². The highest BCUT2D eigenvalue weighted by molar-refractivity contribution is 5.78. The van der Waals surface area contributed by atoms with Crippen molar-refractivity contribution in [1.29, 1.82) is 0 Å². The molecule has 1 fully saturated rings. The molecule has 0 aromatic carbocycles. The van der Waals surface area contributed by atoms with Crippen molar-refractivity contribution in [2.75, 3.05) is 13.1 Å². The van der Waals surface area contributed by atoms with E-state index in [0.717, 1.165) is 47.8 Å². The van der Waals surface area contributed by atoms with Gasteiger partial charge in [-0.1, -0.05) is 15.5 Å². The predicted octanol–water partition coefficient (Wildman–Crippen LogP) is 2.07. The third-order valence-electron chi connectivity index (χ3n) is 5.18. The zero-order valence-electron chi connectivity index (χ0n) is 16.2. The monoisotopic (exact) mass is 382 g/mol. The third-order valence-corrected chi connectivity index (χ3v) is 5.18. The normalized spacial score (nSPS) is 16.7. The van der Waals surface area contributed by atoms with Gasteiger partial charge in [-0.05, 0) is 39.5 Å². The largest absolute Gasteiger partial charge is 0.361 e. The van der Waals surface area contributed by atoms with E-state index in [1.54, 1.807) is 19.3 Å². The topological polar surface area (TPSA) is 111 Å². The first-order valence-electron chi connectivity index (χ1n) is 9.31. The highest BCUT2D eigenvalue weighted by Gasteiger charge is 2.28. The van der Waals surface area contributed by atoms with E-state index >= 15 is 0 Å². The summed E-state index contributed by atoms with van der Waals surface area (Å²) in [6, 6.07) is 0. The Hall–Kier alpha value is -3.10. The van der Waals surface area contributed by atoms with Crippen molar-refractivity contribution in [2.24, 2.45) is 5.92 Å². The molecule has 0 saturated carbocycles. The standard InChI is InChI=1S/C19H22N6O3/c1-11-16(24-28-23-11)7-18(26)25-5-4-14(10-25)6-15-8-20-9-17(21-15)19-12(2)22-27-13(19)3/h8-9,14H,4-7,10H2,1-3H3. The smallest absolute Gasteiger partial charge is 0.228 e. The molecule has 146 valence electrons. The van der Waals surface area contributed by atoms with Crippen molar-refractivity contribution >= 4 is 5.91 Å². The van der Waals surface area contributed by atoms with Gasteiger partial charge in [0.05, 0.1) is 35.3 Å². The van der Waals surface area contributed by atoms with Crippen LogP contribution >= 0.6 is 0 Å². The lowest BCUT2D eigenvalue weighted by atomic mass is 10.0. The summed E-state index contributed by atoms with van der Waals surface area (Å²) in [6.45, 7) is 7.00. The molecule has 4 heterocycles. The Kier molecular flexibility index (Phi) is 4.89. The molecule has 1 aliphatic heterocycles. The fourth-order valence-electron chi connectivity index (χ4n) is 3.66. The number of likely N-dealkylation sites (tertiary alicyclic amines) is 1. The first kappa shape index (κ1) is 18.3. The van der Waals surface area contributed by atoms with Crippen LogP contribution in [0.25, 0.3) is 11.3 Å². The van der Waals surface area contributed by atoms with Crippen LogP contribution in [0.15, 0.2) is 21.5 Å². The zero-order valence-corrected chi connectivity index (χ0v) is 16.2. The molecule has 9 nitrogen and oxygen atoms in total. The van der Waals surface area contributed by atoms with E-state index in [4.69, 9.17) is 9.51 Å². The summed E-state index contributed by atoms with van der Waals surface area (Å²) in [6.07, 6.45) is 5.46. The van der Waals surface area contributed by atoms with Crippen LogP contribution in [-0.2, 0) is 17.6 Å². The van der Waals surface area contributed by atoms with Crippen LogP contribution in [0.3, 0.4) is 0 Å². The fourth-order valence-corrected chi connectivity index (χ4v) is 3.66. The van der Waals surface area contributed by atoms with Gasteiger partial charge < -0.3 is 9.42 Å². The molecule has 3 aromatic rings. The number of hydrogen-bond acceptors (Lipinski definition) is 8. The van der Waals surface area contributed by atoms with Crippen molar-refractivity contribution in [3.8, 4) is 11.3 Å². The molecular weight excluding hydrogens is 360 g/mol. The predicted molar refractivity (Wildman–Crippen MR) is 98.1 cm³/mol. The lowest BCUT2D eigenvalue weighted by molar-refractivity contribution is -0.129. The minimum atomic E-state index is 0.0526. The summed E-state index contributed by atoms with van der Waals surface area (Å²) in [4.78, 5) is 23.5. The second-order valence-corrected chi connectivity index (χ2v) is 7.27. The molecule has 1 saturated heterocycles. The number of carbonyl (C=O) groups is 1. The number of aromatic nitrogens is 5. The Balaban J connectivity index is 1.40. The van der Waals surface area contributed by atoms with Crippen LogP contribution in [-0.4, -0.2) is 49.3 Å². The summed E-state index contributed by atoms with van der Waals surface area (Å²) in [5.41, 5.74) is 4.65. The average molecular weight is 382 g/mol. The van der Waals surface area contributed by atoms with Crippen LogP contribution in [0.5, 0.6) is 0 Å². The molecule has 0 spiro atoms. The van der Waals surface area contributed by atoms with Crippen molar-refractivity contribution in [1.82, 2.24) is 30.3 Å². The summed E-state index contributed by atoms with van der Waals surface area (Å²) in [7, 11) is 0. The van der Waals surface area contributed by atoms with Gasteiger partial charge in [-0.15, -0.1) is 0 Å². The van der Waals surface area contributed by atoms with Crippen LogP contribution in [0.2, 0.25) is 0 Å². The maximum absolute atomic E-state index is 12.5. The molecule has 1 amide bonds. The average Bonchev–Trinajstić information content (AvgIpc) is 3.37. The summed E-state index contributed by atoms with van der Waals surface area (Å²) in [5.74, 6) is 1.14. The summed E-state index contributed by atoms with van der Waals surface area (Å²) in [5, 5.41) is 11.5. The van der Waals surface area contributed by atoms with Crippen molar-refractivity contribution < 1.29 is 13.9 Å². The molecule has 0 bridgehead atoms. The Morgan fingerprint density at radius 1 is 1.18 bits per heavy atom. The van der Waals surface area contributed by atoms with Gasteiger partial charge in [-0.3, -0.25) is 9.78 Å². The quantitative estimate of drug-likeness (QED) is 0.659. The molecule has 0 N–H and O–H groups in total. The van der Waals surface area contributed by atoms with Crippen LogP contribution in [0, 0.1) is 26.7 Å². The van der Waals surface area contributed by atoms with E-state index in [-0.39, 0.29) is 12.3 Å². The number of nitrogens with zero attached hydrogens (tertiary/aromatic N) is 6. The molecule has 9 heteroatoms. The third kappa shape index (κ3) is 3.64. The second-order valence-electron chi connectivity index (χ2n) is 7.27. The Bertz CT molecular complexity index is 976. The fraction of sp³-hybridized carbons (Fsp3) is 0.474. The molecule has 4 rings (SSSR count). The van der Waals surface area contributed by atoms with E-state index in [1.165, 1.54) is 0 Å². The molecule has 0 radical (unpaired) electrons. The number of amides is 1. The molecular formula is C19H22N6O3. The first-order chi connectivity index (χ1) is 13.5. The molecule has 0 aliphatic carbocycles. The van der Waals surface area contributed by atoms with Crippen LogP contribution in [0.1, 0.15) is 35.0 Å². The highest BCUT2D eigenvalue weighted by atomic mass is 16.6. The number of hydrogen-bond donors (Lipinski definition) is 0. The zero-order chi connectivity index (χ0) is 19.7. The van der Waals surface area contributed by atoms with Crippen molar-refractivity contribution in [3.63, 3.8) is 0 Å². The molecule has 1 unspecified atom stereocenters. The van der Waals surface area contributed by atoms with Gasteiger partial charge in [0.2, 0.25) is 5.91 Å². The van der Waals surface area contributed by atoms with E-state index in [9.17, 15) is 4.79 Å². The number of carbonyl (C=O) groups excluding carboxylic acids is 1. The summed E-state index contributed by atoms with van der Waals surface area (Å²) >= 11 is 0. The van der Waals surface area contributed by atoms with E-state index in [2.05, 4.69) is 25.1 Å². The maximum Gasteiger partial charge on any atom is 0.228 e. The van der Waals surface area contributed by atoms with Crippen molar-refractivity contribution in [3.05, 3.63) is 40.9 Å². The van der Waals surface area contributed by atoms with Gasteiger partial charge in [-0.2, -0.15) is 0 Å². The SMILES string of the molecule is Cc1nonc1CC(=O)N1CCC(Cc2cncc(-c3c(C)noc3C)n2)C1. The van der Waals surface area contributed by atoms with Gasteiger partial charge in [0.15, 0.2) is 0 Å². The number of aryl methyl sites for hydroxylation is 3. The minimum absolute atomic E-state index is 0.0526. The van der Waals surface area contributed by atoms with Crippen LogP contribution in [0.4, 0.5) is 0 Å². The van der Waals surface area contributed by atoms with Crippen molar-refractivity contribution in [2.45, 2.75) is 40.0 Å². The highest BCUT2D eigenvalue weighted by Crippen LogP contribution is 2.26. The maximum atomic E-state index is 12.5. The number of rotatable bonds is 5. The molecule has 1 atom stereocenters. The Morgan fingerprint density at radius 3 is 2.75 bits per heavy atom. The Morgan fingerprint density at radius 2 is 2.04 bits per heavy atom. The van der Waals surface area contributed by atoms with Gasteiger partial charge in [0.1, 0.15) is 17.1 Å². The Labute approximate surface area is 162 Å². The lowest BCUT2D eigenvalue weighted by Crippen LogP contribution is -2.30. The van der Waals surface area contributed by atoms with Gasteiger partial charge in [0, 0.05) is 19.3 Å². The van der Waals surface area contributed by atoms with Gasteiger partial charge in [0.25, 0.3) is 0 Å². The van der Waals surface area contributed by atoms with Gasteiger partial charge >= 0.3 is 0 Å². The molecule has 1 aliphatic rings. The van der Waals surface area contributed by atoms with E-state index in [1.807, 2.05) is 18.7 Å². The minimum Gasteiger partial charge on any atom is -0.361 e. The summed E-state index contributed by atoms with van der Waals surface area (Å²) < 4.78 is 9.91. The van der Waals surface area contributed by atoms with E-state index in [0.29, 0.717) is 23.9 Å².